The molecule has 1 atom stereocenters. The molecule has 33 heavy (non-hydrogen) atoms. The zero-order chi connectivity index (χ0) is 23.6. The van der Waals surface area contributed by atoms with Crippen LogP contribution < -0.4 is 10.1 Å². The Kier molecular flexibility index (Phi) is 6.59. The van der Waals surface area contributed by atoms with Gasteiger partial charge < -0.3 is 23.8 Å². The highest BCUT2D eigenvalue weighted by atomic mass is 31.2. The minimum atomic E-state index is -3.60. The van der Waals surface area contributed by atoms with Gasteiger partial charge in [-0.05, 0) is 30.2 Å². The molecular weight excluding hydrogens is 439 g/mol. The summed E-state index contributed by atoms with van der Waals surface area (Å²) in [6, 6.07) is 18.0. The molecule has 174 valence electrons. The number of anilines is 1. The summed E-state index contributed by atoms with van der Waals surface area (Å²) in [7, 11) is -0.851. The number of hydrogen-bond acceptors (Lipinski definition) is 7. The molecule has 4 rings (SSSR count). The second-order valence-electron chi connectivity index (χ2n) is 8.29. The first-order valence-corrected chi connectivity index (χ1v) is 12.3. The maximum atomic E-state index is 13.6. The second kappa shape index (κ2) is 9.27. The van der Waals surface area contributed by atoms with Crippen molar-refractivity contribution in [3.05, 3.63) is 77.6 Å². The van der Waals surface area contributed by atoms with Crippen molar-refractivity contribution in [3.8, 4) is 16.9 Å². The topological polar surface area (TPSA) is 78.9 Å². The van der Waals surface area contributed by atoms with Crippen LogP contribution in [-0.4, -0.2) is 25.0 Å². The fourth-order valence-electron chi connectivity index (χ4n) is 3.85. The Morgan fingerprint density at radius 2 is 1.67 bits per heavy atom. The van der Waals surface area contributed by atoms with Crippen LogP contribution >= 0.6 is 7.60 Å². The van der Waals surface area contributed by atoms with E-state index in [1.807, 2.05) is 63.2 Å². The smallest absolute Gasteiger partial charge is 0.356 e. The van der Waals surface area contributed by atoms with Crippen LogP contribution in [0.3, 0.4) is 0 Å². The van der Waals surface area contributed by atoms with Crippen molar-refractivity contribution >= 4 is 13.3 Å². The van der Waals surface area contributed by atoms with Crippen LogP contribution in [0.25, 0.3) is 11.1 Å². The third kappa shape index (κ3) is 4.82. The van der Waals surface area contributed by atoms with Crippen molar-refractivity contribution in [1.29, 1.82) is 0 Å². The average Bonchev–Trinajstić information content (AvgIpc) is 2.83. The molecule has 1 aromatic heterocycles. The van der Waals surface area contributed by atoms with Crippen molar-refractivity contribution in [2.24, 2.45) is 0 Å². The number of pyridine rings is 1. The van der Waals surface area contributed by atoms with E-state index >= 15 is 0 Å². The zero-order valence-electron chi connectivity index (χ0n) is 19.5. The average molecular weight is 468 g/mol. The van der Waals surface area contributed by atoms with Gasteiger partial charge in [0, 0.05) is 51.1 Å². The van der Waals surface area contributed by atoms with E-state index in [0.29, 0.717) is 17.9 Å². The Balaban J connectivity index is 1.73. The maximum absolute atomic E-state index is 13.6. The highest BCUT2D eigenvalue weighted by Crippen LogP contribution is 2.61. The van der Waals surface area contributed by atoms with Gasteiger partial charge in [0.05, 0.1) is 12.3 Å². The molecule has 1 aliphatic rings. The summed E-state index contributed by atoms with van der Waals surface area (Å²) in [5, 5.41) is 3.34. The summed E-state index contributed by atoms with van der Waals surface area (Å²) >= 11 is 0. The van der Waals surface area contributed by atoms with Crippen LogP contribution in [0, 0.1) is 6.92 Å². The number of fused-ring (bicyclic) bond motifs is 1. The number of ether oxygens (including phenoxy) is 2. The molecule has 2 heterocycles. The lowest BCUT2D eigenvalue weighted by Gasteiger charge is -2.36. The Morgan fingerprint density at radius 3 is 2.30 bits per heavy atom. The van der Waals surface area contributed by atoms with Gasteiger partial charge in [0.25, 0.3) is 0 Å². The van der Waals surface area contributed by atoms with Gasteiger partial charge in [0.15, 0.2) is 5.78 Å². The molecule has 0 amide bonds. The van der Waals surface area contributed by atoms with Crippen molar-refractivity contribution in [1.82, 2.24) is 4.98 Å². The van der Waals surface area contributed by atoms with E-state index in [4.69, 9.17) is 18.5 Å². The minimum absolute atomic E-state index is 0.291. The third-order valence-electron chi connectivity index (χ3n) is 5.68. The molecule has 8 heteroatoms. The van der Waals surface area contributed by atoms with Gasteiger partial charge in [0.2, 0.25) is 5.79 Å². The molecule has 0 radical (unpaired) electrons. The zero-order valence-corrected chi connectivity index (χ0v) is 20.4. The van der Waals surface area contributed by atoms with Gasteiger partial charge in [-0.25, -0.2) is 0 Å². The summed E-state index contributed by atoms with van der Waals surface area (Å²) in [6.45, 7) is 5.86. The van der Waals surface area contributed by atoms with Gasteiger partial charge in [-0.3, -0.25) is 9.55 Å². The number of nitrogens with zero attached hydrogens (tertiary/aromatic N) is 1. The number of aromatic nitrogens is 1. The Bertz CT molecular complexity index is 1160. The molecule has 1 N–H and O–H groups in total. The molecule has 3 aromatic rings. The van der Waals surface area contributed by atoms with Gasteiger partial charge in [0.1, 0.15) is 5.75 Å². The van der Waals surface area contributed by atoms with E-state index in [1.54, 1.807) is 6.20 Å². The normalized spacial score (nSPS) is 15.9. The number of nitrogens with one attached hydrogen (secondary N) is 1. The second-order valence-corrected chi connectivity index (χ2v) is 10.6. The molecule has 0 saturated heterocycles. The van der Waals surface area contributed by atoms with Gasteiger partial charge >= 0.3 is 7.60 Å². The van der Waals surface area contributed by atoms with Crippen molar-refractivity contribution in [3.63, 3.8) is 0 Å². The summed E-state index contributed by atoms with van der Waals surface area (Å²) in [6.07, 6.45) is 1.68. The van der Waals surface area contributed by atoms with E-state index in [0.717, 1.165) is 28.1 Å². The van der Waals surface area contributed by atoms with Crippen molar-refractivity contribution < 1.29 is 23.1 Å². The fraction of sp³-hybridized carbons (Fsp3) is 0.320. The molecule has 2 aromatic carbocycles. The molecule has 1 aliphatic heterocycles. The number of rotatable bonds is 7. The van der Waals surface area contributed by atoms with Crippen LogP contribution in [0.2, 0.25) is 0 Å². The van der Waals surface area contributed by atoms with E-state index in [-0.39, 0.29) is 0 Å². The first kappa shape index (κ1) is 23.5. The summed E-state index contributed by atoms with van der Waals surface area (Å²) in [4.78, 5) is 4.50. The lowest BCUT2D eigenvalue weighted by atomic mass is 10.0. The quantitative estimate of drug-likeness (QED) is 0.408. The third-order valence-corrected chi connectivity index (χ3v) is 7.73. The van der Waals surface area contributed by atoms with E-state index < -0.39 is 19.2 Å². The fourth-order valence-corrected chi connectivity index (χ4v) is 5.29. The lowest BCUT2D eigenvalue weighted by molar-refractivity contribution is -0.180. The van der Waals surface area contributed by atoms with E-state index in [2.05, 4.69) is 22.4 Å². The molecule has 1 unspecified atom stereocenters. The van der Waals surface area contributed by atoms with E-state index in [1.165, 1.54) is 14.2 Å². The van der Waals surface area contributed by atoms with E-state index in [9.17, 15) is 4.57 Å². The Hall–Kier alpha value is -2.70. The molecule has 0 aliphatic carbocycles. The highest BCUT2D eigenvalue weighted by molar-refractivity contribution is 7.54. The first-order chi connectivity index (χ1) is 15.8. The molecule has 7 nitrogen and oxygen atoms in total. The predicted octanol–water partition coefficient (Wildman–Crippen LogP) is 6.30. The van der Waals surface area contributed by atoms with Gasteiger partial charge in [-0.1, -0.05) is 42.5 Å². The van der Waals surface area contributed by atoms with Crippen LogP contribution in [0.4, 0.5) is 5.69 Å². The molecule has 0 bridgehead atoms. The minimum Gasteiger partial charge on any atom is -0.461 e. The first-order valence-electron chi connectivity index (χ1n) is 10.7. The van der Waals surface area contributed by atoms with Crippen molar-refractivity contribution in [2.45, 2.75) is 38.9 Å². The Morgan fingerprint density at radius 1 is 1.03 bits per heavy atom. The standard InChI is InChI=1S/C25H29N2O5P/c1-17-23-22(16-31-25(2,3)32-23)21(15-26-17)24(33(28,29-4)30-5)27-20-13-11-19(12-14-20)18-9-7-6-8-10-18/h6-15,24,27H,16H2,1-5H3. The predicted molar refractivity (Wildman–Crippen MR) is 128 cm³/mol. The molecule has 0 fully saturated rings. The van der Waals surface area contributed by atoms with Crippen LogP contribution in [0.5, 0.6) is 5.75 Å². The highest BCUT2D eigenvalue weighted by Gasteiger charge is 2.40. The van der Waals surface area contributed by atoms with Crippen LogP contribution in [0.15, 0.2) is 60.8 Å². The SMILES string of the molecule is COP(=O)(OC)C(Nc1ccc(-c2ccccc2)cc1)c1cnc(C)c2c1COC(C)(C)O2. The number of benzene rings is 2. The largest absolute Gasteiger partial charge is 0.461 e. The maximum Gasteiger partial charge on any atom is 0.356 e. The summed E-state index contributed by atoms with van der Waals surface area (Å²) in [5.41, 5.74) is 5.12. The molecular formula is C25H29N2O5P. The Labute approximate surface area is 194 Å². The molecule has 0 saturated carbocycles. The van der Waals surface area contributed by atoms with Gasteiger partial charge in [-0.15, -0.1) is 0 Å². The summed E-state index contributed by atoms with van der Waals surface area (Å²) < 4.78 is 36.3. The number of aryl methyl sites for hydroxylation is 1. The van der Waals surface area contributed by atoms with Crippen LogP contribution in [-0.2, 0) is 25.0 Å². The summed E-state index contributed by atoms with van der Waals surface area (Å²) in [5.74, 6) is -0.959. The lowest BCUT2D eigenvalue weighted by Crippen LogP contribution is -2.36. The monoisotopic (exact) mass is 468 g/mol. The number of hydrogen-bond donors (Lipinski definition) is 1. The van der Waals surface area contributed by atoms with Gasteiger partial charge in [-0.2, -0.15) is 0 Å². The molecule has 0 spiro atoms. The van der Waals surface area contributed by atoms with Crippen molar-refractivity contribution in [2.75, 3.05) is 19.5 Å². The van der Waals surface area contributed by atoms with Crippen LogP contribution in [0.1, 0.15) is 36.5 Å².